The predicted molar refractivity (Wildman–Crippen MR) is 122 cm³/mol. The lowest BCUT2D eigenvalue weighted by molar-refractivity contribution is -0.385. The standard InChI is InChI=1S/C21H20BrN7O4/c1-12-19(13(2)28(25-12)9-15-4-6-16(22)7-5-15)24-21(30)20-18(14(3)33-26-20)11-27-10-17(8-23-27)29(31)32/h4-8,10H,9,11H2,1-3H3,(H,24,30). The van der Waals surface area contributed by atoms with Gasteiger partial charge in [-0.25, -0.2) is 0 Å². The van der Waals surface area contributed by atoms with Crippen LogP contribution in [0.4, 0.5) is 11.4 Å². The smallest absolute Gasteiger partial charge is 0.307 e. The van der Waals surface area contributed by atoms with Crippen molar-refractivity contribution in [2.24, 2.45) is 0 Å². The molecule has 1 N–H and O–H groups in total. The van der Waals surface area contributed by atoms with Gasteiger partial charge in [-0.05, 0) is 38.5 Å². The maximum absolute atomic E-state index is 13.0. The van der Waals surface area contributed by atoms with Gasteiger partial charge in [-0.3, -0.25) is 24.3 Å². The summed E-state index contributed by atoms with van der Waals surface area (Å²) in [5, 5.41) is 26.2. The summed E-state index contributed by atoms with van der Waals surface area (Å²) < 4.78 is 9.41. The van der Waals surface area contributed by atoms with E-state index in [1.807, 2.05) is 42.8 Å². The average Bonchev–Trinajstić information content (AvgIpc) is 3.46. The monoisotopic (exact) mass is 513 g/mol. The zero-order valence-electron chi connectivity index (χ0n) is 18.1. The molecule has 0 bridgehead atoms. The van der Waals surface area contributed by atoms with E-state index in [0.29, 0.717) is 29.2 Å². The normalized spacial score (nSPS) is 11.0. The summed E-state index contributed by atoms with van der Waals surface area (Å²) in [6.07, 6.45) is 2.43. The van der Waals surface area contributed by atoms with E-state index in [-0.39, 0.29) is 17.9 Å². The number of anilines is 1. The van der Waals surface area contributed by atoms with Gasteiger partial charge in [-0.1, -0.05) is 33.2 Å². The highest BCUT2D eigenvalue weighted by Crippen LogP contribution is 2.23. The molecule has 0 saturated carbocycles. The summed E-state index contributed by atoms with van der Waals surface area (Å²) in [5.74, 6) is -0.0319. The molecule has 3 heterocycles. The Morgan fingerprint density at radius 2 is 1.94 bits per heavy atom. The Kier molecular flexibility index (Phi) is 6.09. The molecule has 0 aliphatic heterocycles. The van der Waals surface area contributed by atoms with Crippen LogP contribution in [0.3, 0.4) is 0 Å². The molecule has 3 aromatic heterocycles. The number of nitrogens with one attached hydrogen (secondary N) is 1. The second-order valence-electron chi connectivity index (χ2n) is 7.50. The van der Waals surface area contributed by atoms with E-state index in [9.17, 15) is 14.9 Å². The molecule has 0 aliphatic rings. The highest BCUT2D eigenvalue weighted by molar-refractivity contribution is 9.10. The van der Waals surface area contributed by atoms with Crippen LogP contribution < -0.4 is 5.32 Å². The Morgan fingerprint density at radius 1 is 1.21 bits per heavy atom. The summed E-state index contributed by atoms with van der Waals surface area (Å²) in [6, 6.07) is 7.93. The highest BCUT2D eigenvalue weighted by atomic mass is 79.9. The molecule has 1 aromatic carbocycles. The molecular formula is C21H20BrN7O4. The van der Waals surface area contributed by atoms with E-state index in [0.717, 1.165) is 21.9 Å². The number of hydrogen-bond donors (Lipinski definition) is 1. The first kappa shape index (κ1) is 22.4. The molecule has 170 valence electrons. The van der Waals surface area contributed by atoms with Gasteiger partial charge < -0.3 is 9.84 Å². The van der Waals surface area contributed by atoms with Crippen molar-refractivity contribution in [1.29, 1.82) is 0 Å². The van der Waals surface area contributed by atoms with E-state index in [1.54, 1.807) is 6.92 Å². The van der Waals surface area contributed by atoms with Crippen LogP contribution in [0.15, 0.2) is 45.7 Å². The number of carbonyl (C=O) groups excluding carboxylic acids is 1. The fraction of sp³-hybridized carbons (Fsp3) is 0.238. The number of aromatic nitrogens is 5. The summed E-state index contributed by atoms with van der Waals surface area (Å²) in [5.41, 5.74) is 3.58. The third-order valence-corrected chi connectivity index (χ3v) is 5.74. The molecule has 4 rings (SSSR count). The first-order chi connectivity index (χ1) is 15.7. The van der Waals surface area contributed by atoms with Crippen molar-refractivity contribution in [1.82, 2.24) is 24.7 Å². The molecule has 0 radical (unpaired) electrons. The lowest BCUT2D eigenvalue weighted by Crippen LogP contribution is -2.17. The van der Waals surface area contributed by atoms with E-state index in [4.69, 9.17) is 4.52 Å². The molecule has 33 heavy (non-hydrogen) atoms. The quantitative estimate of drug-likeness (QED) is 0.291. The molecule has 0 spiro atoms. The number of amides is 1. The van der Waals surface area contributed by atoms with Gasteiger partial charge in [0.15, 0.2) is 5.69 Å². The fourth-order valence-electron chi connectivity index (χ4n) is 3.42. The maximum Gasteiger partial charge on any atom is 0.307 e. The van der Waals surface area contributed by atoms with E-state index < -0.39 is 10.8 Å². The van der Waals surface area contributed by atoms with Crippen molar-refractivity contribution in [3.05, 3.63) is 85.2 Å². The number of carbonyl (C=O) groups is 1. The number of benzene rings is 1. The first-order valence-corrected chi connectivity index (χ1v) is 10.7. The van der Waals surface area contributed by atoms with Crippen molar-refractivity contribution < 1.29 is 14.2 Å². The van der Waals surface area contributed by atoms with Gasteiger partial charge in [0.05, 0.1) is 35.1 Å². The number of rotatable bonds is 7. The molecule has 0 atom stereocenters. The lowest BCUT2D eigenvalue weighted by Gasteiger charge is -2.07. The van der Waals surface area contributed by atoms with Crippen molar-refractivity contribution in [3.63, 3.8) is 0 Å². The zero-order valence-corrected chi connectivity index (χ0v) is 19.7. The number of nitro groups is 1. The van der Waals surface area contributed by atoms with Crippen molar-refractivity contribution in [3.8, 4) is 0 Å². The van der Waals surface area contributed by atoms with Gasteiger partial charge in [-0.2, -0.15) is 10.2 Å². The van der Waals surface area contributed by atoms with E-state index in [2.05, 4.69) is 36.6 Å². The van der Waals surface area contributed by atoms with E-state index >= 15 is 0 Å². The Balaban J connectivity index is 1.54. The Bertz CT molecular complexity index is 1340. The van der Waals surface area contributed by atoms with Crippen LogP contribution in [-0.2, 0) is 13.1 Å². The minimum atomic E-state index is -0.533. The van der Waals surface area contributed by atoms with Gasteiger partial charge in [0.2, 0.25) is 0 Å². The molecule has 1 amide bonds. The largest absolute Gasteiger partial charge is 0.361 e. The fourth-order valence-corrected chi connectivity index (χ4v) is 3.68. The average molecular weight is 514 g/mol. The van der Waals surface area contributed by atoms with Gasteiger partial charge >= 0.3 is 5.69 Å². The molecule has 0 fully saturated rings. The maximum atomic E-state index is 13.0. The van der Waals surface area contributed by atoms with Crippen LogP contribution in [0.25, 0.3) is 0 Å². The van der Waals surface area contributed by atoms with Gasteiger partial charge in [-0.15, -0.1) is 0 Å². The van der Waals surface area contributed by atoms with Crippen LogP contribution in [-0.4, -0.2) is 35.5 Å². The molecule has 0 unspecified atom stereocenters. The predicted octanol–water partition coefficient (Wildman–Crippen LogP) is 4.01. The second-order valence-corrected chi connectivity index (χ2v) is 8.42. The minimum absolute atomic E-state index is 0.0881. The minimum Gasteiger partial charge on any atom is -0.361 e. The van der Waals surface area contributed by atoms with Crippen LogP contribution >= 0.6 is 15.9 Å². The summed E-state index contributed by atoms with van der Waals surface area (Å²) in [7, 11) is 0. The third-order valence-electron chi connectivity index (χ3n) is 5.22. The number of halogens is 1. The topological polar surface area (TPSA) is 134 Å². The van der Waals surface area contributed by atoms with Crippen LogP contribution in [0.1, 0.15) is 38.8 Å². The molecule has 12 heteroatoms. The highest BCUT2D eigenvalue weighted by Gasteiger charge is 2.23. The van der Waals surface area contributed by atoms with Crippen LogP contribution in [0, 0.1) is 30.9 Å². The van der Waals surface area contributed by atoms with E-state index in [1.165, 1.54) is 10.9 Å². The third kappa shape index (κ3) is 4.70. The zero-order chi connectivity index (χ0) is 23.7. The van der Waals surface area contributed by atoms with Crippen molar-refractivity contribution in [2.45, 2.75) is 33.9 Å². The van der Waals surface area contributed by atoms with Crippen molar-refractivity contribution in [2.75, 3.05) is 5.32 Å². The summed E-state index contributed by atoms with van der Waals surface area (Å²) in [6.45, 7) is 6.03. The number of hydrogen-bond acceptors (Lipinski definition) is 7. The molecule has 0 saturated heterocycles. The lowest BCUT2D eigenvalue weighted by atomic mass is 10.1. The van der Waals surface area contributed by atoms with Crippen molar-refractivity contribution >= 4 is 33.2 Å². The van der Waals surface area contributed by atoms with Crippen LogP contribution in [0.5, 0.6) is 0 Å². The molecule has 11 nitrogen and oxygen atoms in total. The van der Waals surface area contributed by atoms with Crippen LogP contribution in [0.2, 0.25) is 0 Å². The van der Waals surface area contributed by atoms with Gasteiger partial charge in [0.25, 0.3) is 5.91 Å². The van der Waals surface area contributed by atoms with Gasteiger partial charge in [0, 0.05) is 10.0 Å². The summed E-state index contributed by atoms with van der Waals surface area (Å²) in [4.78, 5) is 23.4. The van der Waals surface area contributed by atoms with Gasteiger partial charge in [0.1, 0.15) is 18.2 Å². The second kappa shape index (κ2) is 8.98. The first-order valence-electron chi connectivity index (χ1n) is 9.94. The molecule has 0 aliphatic carbocycles. The Labute approximate surface area is 196 Å². The SMILES string of the molecule is Cc1nn(Cc2ccc(Br)cc2)c(C)c1NC(=O)c1noc(C)c1Cn1cc([N+](=O)[O-])cn1. The number of aryl methyl sites for hydroxylation is 2. The molecular weight excluding hydrogens is 494 g/mol. The summed E-state index contributed by atoms with van der Waals surface area (Å²) >= 11 is 3.43. The number of nitrogens with zero attached hydrogens (tertiary/aromatic N) is 6. The molecule has 4 aromatic rings. The Hall–Kier alpha value is -3.80. The Morgan fingerprint density at radius 3 is 2.61 bits per heavy atom.